The summed E-state index contributed by atoms with van der Waals surface area (Å²) >= 11 is 0. The minimum Gasteiger partial charge on any atom is -0.370 e. The minimum absolute atomic E-state index is 0.0487. The number of Topliss-reactive ketones (excluding diaryl/α,β-unsaturated/α-hetero) is 1. The zero-order valence-corrected chi connectivity index (χ0v) is 29.6. The molecule has 6 heteroatoms. The number of nitrogens with zero attached hydrogens (tertiary/aromatic N) is 1. The van der Waals surface area contributed by atoms with Gasteiger partial charge in [0.25, 0.3) is 0 Å². The first kappa shape index (κ1) is 42.4. The summed E-state index contributed by atoms with van der Waals surface area (Å²) in [5.74, 6) is 0.159. The van der Waals surface area contributed by atoms with E-state index in [1.54, 1.807) is 0 Å². The Balaban J connectivity index is 4.06. The summed E-state index contributed by atoms with van der Waals surface area (Å²) in [7, 11) is 0. The monoisotopic (exact) mass is 621 g/mol. The van der Waals surface area contributed by atoms with Gasteiger partial charge in [-0.2, -0.15) is 0 Å². The maximum absolute atomic E-state index is 13.0. The number of aliphatic imine (C=N–C) groups is 1. The molecule has 260 valence electrons. The Kier molecular flexibility index (Phi) is 33.0. The molecular formula is C38H76N4O2. The van der Waals surface area contributed by atoms with Crippen molar-refractivity contribution in [2.24, 2.45) is 22.4 Å². The summed E-state index contributed by atoms with van der Waals surface area (Å²) in [4.78, 5) is 29.8. The highest BCUT2D eigenvalue weighted by atomic mass is 16.2. The highest BCUT2D eigenvalue weighted by molar-refractivity contribution is 5.86. The maximum atomic E-state index is 13.0. The van der Waals surface area contributed by atoms with Gasteiger partial charge in [0, 0.05) is 31.8 Å². The van der Waals surface area contributed by atoms with Crippen LogP contribution in [0, 0.1) is 5.92 Å². The molecule has 5 N–H and O–H groups in total. The second-order valence-electron chi connectivity index (χ2n) is 13.4. The summed E-state index contributed by atoms with van der Waals surface area (Å²) in [6.07, 6.45) is 36.0. The van der Waals surface area contributed by atoms with Crippen molar-refractivity contribution in [3.05, 3.63) is 0 Å². The third-order valence-electron chi connectivity index (χ3n) is 8.99. The lowest BCUT2D eigenvalue weighted by Gasteiger charge is -2.16. The highest BCUT2D eigenvalue weighted by Gasteiger charge is 2.21. The van der Waals surface area contributed by atoms with Crippen LogP contribution in [-0.4, -0.2) is 30.7 Å². The molecule has 0 fully saturated rings. The van der Waals surface area contributed by atoms with Gasteiger partial charge in [-0.3, -0.25) is 14.6 Å². The lowest BCUT2D eigenvalue weighted by molar-refractivity contribution is -0.129. The Hall–Kier alpha value is -1.59. The van der Waals surface area contributed by atoms with E-state index in [-0.39, 0.29) is 23.6 Å². The van der Waals surface area contributed by atoms with Crippen molar-refractivity contribution in [3.63, 3.8) is 0 Å². The molecular weight excluding hydrogens is 544 g/mol. The van der Waals surface area contributed by atoms with Crippen LogP contribution in [0.2, 0.25) is 0 Å². The Bertz CT molecular complexity index is 663. The minimum atomic E-state index is -0.235. The van der Waals surface area contributed by atoms with Gasteiger partial charge in [0.1, 0.15) is 5.78 Å². The van der Waals surface area contributed by atoms with Crippen molar-refractivity contribution in [3.8, 4) is 0 Å². The van der Waals surface area contributed by atoms with Crippen LogP contribution in [0.15, 0.2) is 4.99 Å². The lowest BCUT2D eigenvalue weighted by atomic mass is 9.93. The van der Waals surface area contributed by atoms with Crippen molar-refractivity contribution in [2.45, 2.75) is 206 Å². The first-order valence-electron chi connectivity index (χ1n) is 19.4. The molecule has 1 atom stereocenters. The number of carbonyl (C=O) groups excluding carboxylic acids is 2. The normalized spacial score (nSPS) is 11.9. The summed E-state index contributed by atoms with van der Waals surface area (Å²) in [6, 6.07) is 0. The smallest absolute Gasteiger partial charge is 0.223 e. The van der Waals surface area contributed by atoms with E-state index in [9.17, 15) is 9.59 Å². The zero-order valence-electron chi connectivity index (χ0n) is 29.6. The van der Waals surface area contributed by atoms with Crippen LogP contribution in [0.3, 0.4) is 0 Å². The van der Waals surface area contributed by atoms with Crippen molar-refractivity contribution in [1.82, 2.24) is 5.32 Å². The fourth-order valence-corrected chi connectivity index (χ4v) is 6.08. The third kappa shape index (κ3) is 31.8. The van der Waals surface area contributed by atoms with Crippen LogP contribution in [0.5, 0.6) is 0 Å². The van der Waals surface area contributed by atoms with E-state index in [1.807, 2.05) is 0 Å². The van der Waals surface area contributed by atoms with Gasteiger partial charge >= 0.3 is 0 Å². The van der Waals surface area contributed by atoms with E-state index in [0.29, 0.717) is 32.4 Å². The number of hydrogen-bond donors (Lipinski definition) is 3. The molecule has 0 aromatic carbocycles. The Morgan fingerprint density at radius 2 is 0.955 bits per heavy atom. The van der Waals surface area contributed by atoms with Crippen LogP contribution in [-0.2, 0) is 9.59 Å². The van der Waals surface area contributed by atoms with Gasteiger partial charge in [0.2, 0.25) is 5.91 Å². The Labute approximate surface area is 274 Å². The van der Waals surface area contributed by atoms with Crippen molar-refractivity contribution in [1.29, 1.82) is 0 Å². The van der Waals surface area contributed by atoms with E-state index in [2.05, 4.69) is 24.2 Å². The average Bonchev–Trinajstić information content (AvgIpc) is 3.00. The molecule has 0 saturated carbocycles. The number of ketones is 1. The van der Waals surface area contributed by atoms with E-state index >= 15 is 0 Å². The summed E-state index contributed by atoms with van der Waals surface area (Å²) < 4.78 is 0. The number of guanidine groups is 1. The van der Waals surface area contributed by atoms with E-state index in [0.717, 1.165) is 38.5 Å². The van der Waals surface area contributed by atoms with E-state index in [4.69, 9.17) is 11.5 Å². The number of unbranched alkanes of at least 4 members (excludes halogenated alkanes) is 24. The first-order chi connectivity index (χ1) is 21.5. The summed E-state index contributed by atoms with van der Waals surface area (Å²) in [5, 5.41) is 3.14. The molecule has 6 nitrogen and oxygen atoms in total. The van der Waals surface area contributed by atoms with Crippen molar-refractivity contribution >= 4 is 17.6 Å². The van der Waals surface area contributed by atoms with E-state index in [1.165, 1.54) is 135 Å². The predicted molar refractivity (Wildman–Crippen MR) is 192 cm³/mol. The van der Waals surface area contributed by atoms with Gasteiger partial charge in [-0.15, -0.1) is 0 Å². The van der Waals surface area contributed by atoms with Crippen LogP contribution >= 0.6 is 0 Å². The average molecular weight is 621 g/mol. The van der Waals surface area contributed by atoms with Crippen LogP contribution in [0.25, 0.3) is 0 Å². The van der Waals surface area contributed by atoms with Gasteiger partial charge in [-0.1, -0.05) is 168 Å². The molecule has 44 heavy (non-hydrogen) atoms. The topological polar surface area (TPSA) is 111 Å². The molecule has 0 rings (SSSR count). The number of nitrogens with two attached hydrogens (primary N) is 2. The Morgan fingerprint density at radius 3 is 1.39 bits per heavy atom. The predicted octanol–water partition coefficient (Wildman–Crippen LogP) is 10.3. The third-order valence-corrected chi connectivity index (χ3v) is 8.99. The van der Waals surface area contributed by atoms with Crippen LogP contribution in [0.4, 0.5) is 0 Å². The molecule has 0 heterocycles. The highest BCUT2D eigenvalue weighted by Crippen LogP contribution is 2.18. The van der Waals surface area contributed by atoms with Gasteiger partial charge in [-0.05, 0) is 25.7 Å². The van der Waals surface area contributed by atoms with Gasteiger partial charge in [-0.25, -0.2) is 0 Å². The van der Waals surface area contributed by atoms with Gasteiger partial charge in [0.05, 0.1) is 0 Å². The van der Waals surface area contributed by atoms with Gasteiger partial charge < -0.3 is 16.8 Å². The number of rotatable bonds is 35. The summed E-state index contributed by atoms with van der Waals surface area (Å²) in [6.45, 7) is 5.83. The molecule has 0 aliphatic heterocycles. The fourth-order valence-electron chi connectivity index (χ4n) is 6.08. The van der Waals surface area contributed by atoms with Crippen LogP contribution in [0.1, 0.15) is 206 Å². The largest absolute Gasteiger partial charge is 0.370 e. The number of amides is 1. The van der Waals surface area contributed by atoms with Crippen LogP contribution < -0.4 is 16.8 Å². The molecule has 0 aliphatic carbocycles. The lowest BCUT2D eigenvalue weighted by Crippen LogP contribution is -2.33. The molecule has 0 spiro atoms. The molecule has 0 radical (unpaired) electrons. The van der Waals surface area contributed by atoms with Crippen molar-refractivity contribution < 1.29 is 9.59 Å². The fraction of sp³-hybridized carbons (Fsp3) is 0.921. The molecule has 0 unspecified atom stereocenters. The maximum Gasteiger partial charge on any atom is 0.223 e. The summed E-state index contributed by atoms with van der Waals surface area (Å²) in [5.41, 5.74) is 10.9. The Morgan fingerprint density at radius 1 is 0.545 bits per heavy atom. The quantitative estimate of drug-likeness (QED) is 0.0372. The molecule has 0 saturated heterocycles. The molecule has 0 aromatic heterocycles. The standard InChI is InChI=1S/C38H76N4O2/c1-3-5-7-9-11-13-15-16-17-18-19-20-22-24-26-31-36(43)34-35(30-27-29-33-42-38(39)40)37(44)41-32-28-25-23-21-14-12-10-8-6-4-2/h35H,3-34H2,1-2H3,(H,41,44)(H4,39,40,42)/t35-/m1/s1. The second kappa shape index (κ2) is 34.3. The number of nitrogens with one attached hydrogen (secondary N) is 1. The van der Waals surface area contributed by atoms with Gasteiger partial charge in [0.15, 0.2) is 5.96 Å². The van der Waals surface area contributed by atoms with E-state index < -0.39 is 0 Å². The SMILES string of the molecule is CCCCCCCCCCCCCCCCCC(=O)C[C@@H](CCCCN=C(N)N)C(=O)NCCCCCCCCCCCC. The first-order valence-corrected chi connectivity index (χ1v) is 19.4. The van der Waals surface area contributed by atoms with Crippen molar-refractivity contribution in [2.75, 3.05) is 13.1 Å². The zero-order chi connectivity index (χ0) is 32.4. The second-order valence-corrected chi connectivity index (χ2v) is 13.4. The number of carbonyl (C=O) groups is 2. The molecule has 0 aromatic rings. The molecule has 0 aliphatic rings. The number of hydrogen-bond acceptors (Lipinski definition) is 3. The molecule has 0 bridgehead atoms. The molecule has 1 amide bonds.